The largest absolute Gasteiger partial charge is 0.339 e. The lowest BCUT2D eigenvalue weighted by atomic mass is 10.2. The molecule has 6 heteroatoms. The van der Waals surface area contributed by atoms with Crippen molar-refractivity contribution in [1.29, 1.82) is 0 Å². The van der Waals surface area contributed by atoms with Crippen LogP contribution < -0.4 is 5.56 Å². The van der Waals surface area contributed by atoms with Crippen LogP contribution in [0.2, 0.25) is 0 Å². The second-order valence-corrected chi connectivity index (χ2v) is 5.63. The van der Waals surface area contributed by atoms with Crippen molar-refractivity contribution in [3.63, 3.8) is 0 Å². The van der Waals surface area contributed by atoms with Gasteiger partial charge in [0.15, 0.2) is 0 Å². The number of aryl methyl sites for hydroxylation is 1. The van der Waals surface area contributed by atoms with Crippen LogP contribution in [0.25, 0.3) is 0 Å². The van der Waals surface area contributed by atoms with E-state index in [-0.39, 0.29) is 18.0 Å². The third-order valence-corrected chi connectivity index (χ3v) is 3.88. The first-order valence-corrected chi connectivity index (χ1v) is 7.62. The van der Waals surface area contributed by atoms with E-state index in [0.29, 0.717) is 0 Å². The molecular weight excluding hydrogens is 268 g/mol. The summed E-state index contributed by atoms with van der Waals surface area (Å²) in [5, 5.41) is 0. The van der Waals surface area contributed by atoms with E-state index in [1.165, 1.54) is 10.9 Å². The SMILES string of the molecule is CCCCc1cc(=O)n(CC(=O)N2CCN(C)CC2)cn1. The summed E-state index contributed by atoms with van der Waals surface area (Å²) in [5.74, 6) is -0.00620. The number of nitrogens with zero attached hydrogens (tertiary/aromatic N) is 4. The summed E-state index contributed by atoms with van der Waals surface area (Å²) in [4.78, 5) is 32.5. The summed E-state index contributed by atoms with van der Waals surface area (Å²) in [7, 11) is 2.05. The van der Waals surface area contributed by atoms with Gasteiger partial charge in [-0.15, -0.1) is 0 Å². The highest BCUT2D eigenvalue weighted by molar-refractivity contribution is 5.76. The maximum absolute atomic E-state index is 12.2. The third kappa shape index (κ3) is 4.39. The predicted octanol–water partition coefficient (Wildman–Crippen LogP) is 0.360. The van der Waals surface area contributed by atoms with Crippen LogP contribution in [0.5, 0.6) is 0 Å². The van der Waals surface area contributed by atoms with Gasteiger partial charge < -0.3 is 9.80 Å². The lowest BCUT2D eigenvalue weighted by molar-refractivity contribution is -0.133. The van der Waals surface area contributed by atoms with Gasteiger partial charge in [0, 0.05) is 37.9 Å². The predicted molar refractivity (Wildman–Crippen MR) is 81.2 cm³/mol. The maximum atomic E-state index is 12.2. The fourth-order valence-corrected chi connectivity index (χ4v) is 2.38. The Labute approximate surface area is 125 Å². The van der Waals surface area contributed by atoms with Crippen LogP contribution in [0.1, 0.15) is 25.5 Å². The van der Waals surface area contributed by atoms with E-state index in [4.69, 9.17) is 0 Å². The molecule has 1 aromatic rings. The van der Waals surface area contributed by atoms with Crippen LogP contribution in [0, 0.1) is 0 Å². The zero-order chi connectivity index (χ0) is 15.2. The number of hydrogen-bond acceptors (Lipinski definition) is 4. The minimum Gasteiger partial charge on any atom is -0.339 e. The summed E-state index contributed by atoms with van der Waals surface area (Å²) in [6, 6.07) is 1.55. The van der Waals surface area contributed by atoms with Crippen molar-refractivity contribution in [2.24, 2.45) is 0 Å². The van der Waals surface area contributed by atoms with Crippen molar-refractivity contribution in [3.05, 3.63) is 28.4 Å². The van der Waals surface area contributed by atoms with E-state index < -0.39 is 0 Å². The van der Waals surface area contributed by atoms with E-state index in [0.717, 1.165) is 51.1 Å². The van der Waals surface area contributed by atoms with E-state index in [9.17, 15) is 9.59 Å². The molecule has 0 spiro atoms. The van der Waals surface area contributed by atoms with Crippen molar-refractivity contribution in [2.75, 3.05) is 33.2 Å². The molecule has 0 aliphatic carbocycles. The molecule has 2 rings (SSSR count). The molecule has 0 atom stereocenters. The second-order valence-electron chi connectivity index (χ2n) is 5.63. The number of piperazine rings is 1. The van der Waals surface area contributed by atoms with Gasteiger partial charge in [-0.25, -0.2) is 4.98 Å². The van der Waals surface area contributed by atoms with Gasteiger partial charge in [0.05, 0.1) is 6.33 Å². The lowest BCUT2D eigenvalue weighted by Crippen LogP contribution is -2.48. The Morgan fingerprint density at radius 3 is 2.62 bits per heavy atom. The van der Waals surface area contributed by atoms with Crippen LogP contribution in [0.3, 0.4) is 0 Å². The summed E-state index contributed by atoms with van der Waals surface area (Å²) in [6.45, 7) is 5.42. The molecule has 1 aromatic heterocycles. The molecule has 0 saturated carbocycles. The number of unbranched alkanes of at least 4 members (excludes halogenated alkanes) is 1. The molecule has 0 bridgehead atoms. The van der Waals surface area contributed by atoms with Crippen molar-refractivity contribution in [3.8, 4) is 0 Å². The molecule has 6 nitrogen and oxygen atoms in total. The summed E-state index contributed by atoms with van der Waals surface area (Å²) < 4.78 is 1.40. The molecular formula is C15H24N4O2. The number of carbonyl (C=O) groups is 1. The summed E-state index contributed by atoms with van der Waals surface area (Å²) in [6.07, 6.45) is 4.42. The molecule has 1 aliphatic rings. The number of rotatable bonds is 5. The van der Waals surface area contributed by atoms with E-state index in [1.807, 2.05) is 11.9 Å². The Bertz CT molecular complexity index is 533. The Kier molecular flexibility index (Phi) is 5.50. The normalized spacial score (nSPS) is 16.2. The Balaban J connectivity index is 1.96. The molecule has 0 unspecified atom stereocenters. The molecule has 1 saturated heterocycles. The van der Waals surface area contributed by atoms with Crippen LogP contribution in [-0.4, -0.2) is 58.5 Å². The van der Waals surface area contributed by atoms with Gasteiger partial charge in [-0.2, -0.15) is 0 Å². The smallest absolute Gasteiger partial charge is 0.253 e. The van der Waals surface area contributed by atoms with Crippen molar-refractivity contribution in [2.45, 2.75) is 32.7 Å². The monoisotopic (exact) mass is 292 g/mol. The zero-order valence-electron chi connectivity index (χ0n) is 12.9. The van der Waals surface area contributed by atoms with Crippen LogP contribution in [0.4, 0.5) is 0 Å². The van der Waals surface area contributed by atoms with E-state index in [2.05, 4.69) is 16.8 Å². The first kappa shape index (κ1) is 15.7. The number of amides is 1. The van der Waals surface area contributed by atoms with Gasteiger partial charge >= 0.3 is 0 Å². The minimum atomic E-state index is -0.140. The highest BCUT2D eigenvalue weighted by atomic mass is 16.2. The molecule has 1 amide bonds. The molecule has 1 fully saturated rings. The molecule has 2 heterocycles. The number of likely N-dealkylation sites (N-methyl/N-ethyl adjacent to an activating group) is 1. The molecule has 0 N–H and O–H groups in total. The fourth-order valence-electron chi connectivity index (χ4n) is 2.38. The Morgan fingerprint density at radius 1 is 1.29 bits per heavy atom. The lowest BCUT2D eigenvalue weighted by Gasteiger charge is -2.32. The molecule has 0 aromatic carbocycles. The average Bonchev–Trinajstić information content (AvgIpc) is 2.48. The minimum absolute atomic E-state index is 0.00620. The molecule has 1 aliphatic heterocycles. The van der Waals surface area contributed by atoms with Gasteiger partial charge in [0.2, 0.25) is 5.91 Å². The van der Waals surface area contributed by atoms with E-state index in [1.54, 1.807) is 6.07 Å². The van der Waals surface area contributed by atoms with Gasteiger partial charge in [-0.1, -0.05) is 13.3 Å². The number of aromatic nitrogens is 2. The number of hydrogen-bond donors (Lipinski definition) is 0. The Morgan fingerprint density at radius 2 is 2.00 bits per heavy atom. The molecule has 116 valence electrons. The molecule has 21 heavy (non-hydrogen) atoms. The maximum Gasteiger partial charge on any atom is 0.253 e. The molecule has 0 radical (unpaired) electrons. The van der Waals surface area contributed by atoms with Crippen LogP contribution in [0.15, 0.2) is 17.2 Å². The first-order valence-electron chi connectivity index (χ1n) is 7.62. The highest BCUT2D eigenvalue weighted by Crippen LogP contribution is 2.02. The van der Waals surface area contributed by atoms with E-state index >= 15 is 0 Å². The van der Waals surface area contributed by atoms with Gasteiger partial charge in [-0.05, 0) is 19.9 Å². The number of carbonyl (C=O) groups excluding carboxylic acids is 1. The van der Waals surface area contributed by atoms with Gasteiger partial charge in [0.1, 0.15) is 6.54 Å². The topological polar surface area (TPSA) is 58.4 Å². The Hall–Kier alpha value is -1.69. The van der Waals surface area contributed by atoms with Gasteiger partial charge in [-0.3, -0.25) is 14.2 Å². The standard InChI is InChI=1S/C15H24N4O2/c1-3-4-5-13-10-14(20)19(12-16-13)11-15(21)18-8-6-17(2)7-9-18/h10,12H,3-9,11H2,1-2H3. The average molecular weight is 292 g/mol. The van der Waals surface area contributed by atoms with Crippen molar-refractivity contribution >= 4 is 5.91 Å². The second kappa shape index (κ2) is 7.36. The summed E-state index contributed by atoms with van der Waals surface area (Å²) >= 11 is 0. The fraction of sp³-hybridized carbons (Fsp3) is 0.667. The van der Waals surface area contributed by atoms with Crippen LogP contribution >= 0.6 is 0 Å². The van der Waals surface area contributed by atoms with Crippen molar-refractivity contribution < 1.29 is 4.79 Å². The summed E-state index contributed by atoms with van der Waals surface area (Å²) in [5.41, 5.74) is 0.670. The third-order valence-electron chi connectivity index (χ3n) is 3.88. The zero-order valence-corrected chi connectivity index (χ0v) is 12.9. The highest BCUT2D eigenvalue weighted by Gasteiger charge is 2.19. The van der Waals surface area contributed by atoms with Crippen molar-refractivity contribution in [1.82, 2.24) is 19.4 Å². The quantitative estimate of drug-likeness (QED) is 0.786. The first-order chi connectivity index (χ1) is 10.1. The van der Waals surface area contributed by atoms with Crippen LogP contribution in [-0.2, 0) is 17.8 Å². The van der Waals surface area contributed by atoms with Gasteiger partial charge in [0.25, 0.3) is 5.56 Å².